The van der Waals surface area contributed by atoms with Crippen LogP contribution >= 0.6 is 11.8 Å². The smallest absolute Gasteiger partial charge is 0.451 e. The minimum absolute atomic E-state index is 0.0938. The molecule has 4 rings (SSSR count). The van der Waals surface area contributed by atoms with Crippen LogP contribution in [0.5, 0.6) is 11.5 Å². The molecule has 0 bridgehead atoms. The maximum Gasteiger partial charge on any atom is 0.451 e. The number of nitrogens with zero attached hydrogens (tertiary/aromatic N) is 2. The average Bonchev–Trinajstić information content (AvgIpc) is 3.15. The van der Waals surface area contributed by atoms with Gasteiger partial charge in [-0.15, -0.1) is 0 Å². The average molecular weight is 421 g/mol. The number of alkyl halides is 3. The van der Waals surface area contributed by atoms with Crippen LogP contribution in [0.15, 0.2) is 47.5 Å². The van der Waals surface area contributed by atoms with E-state index in [1.54, 1.807) is 43.3 Å². The third-order valence-electron chi connectivity index (χ3n) is 4.12. The van der Waals surface area contributed by atoms with Crippen LogP contribution in [-0.2, 0) is 11.0 Å². The normalized spacial score (nSPS) is 14.1. The Balaban J connectivity index is 1.56. The van der Waals surface area contributed by atoms with Crippen molar-refractivity contribution in [2.45, 2.75) is 23.4 Å². The zero-order valence-corrected chi connectivity index (χ0v) is 15.8. The molecule has 1 aliphatic heterocycles. The fraction of sp³-hybridized carbons (Fsp3) is 0.211. The summed E-state index contributed by atoms with van der Waals surface area (Å²) < 4.78 is 49.9. The van der Waals surface area contributed by atoms with Crippen LogP contribution in [0, 0.1) is 0 Å². The number of rotatable bonds is 4. The van der Waals surface area contributed by atoms with Gasteiger partial charge in [-0.3, -0.25) is 4.79 Å². The summed E-state index contributed by atoms with van der Waals surface area (Å²) in [5.74, 6) is -0.524. The maximum absolute atomic E-state index is 13.2. The van der Waals surface area contributed by atoms with E-state index in [9.17, 15) is 18.0 Å². The third kappa shape index (κ3) is 4.07. The van der Waals surface area contributed by atoms with Crippen LogP contribution in [-0.4, -0.2) is 27.9 Å². The first-order valence-electron chi connectivity index (χ1n) is 8.52. The second-order valence-electron chi connectivity index (χ2n) is 6.18. The molecule has 150 valence electrons. The van der Waals surface area contributed by atoms with Gasteiger partial charge in [-0.05, 0) is 25.1 Å². The highest BCUT2D eigenvalue weighted by Gasteiger charge is 2.36. The van der Waals surface area contributed by atoms with E-state index in [1.807, 2.05) is 0 Å². The number of hydrogen-bond donors (Lipinski definition) is 1. The molecule has 0 spiro atoms. The van der Waals surface area contributed by atoms with Crippen molar-refractivity contribution in [3.63, 3.8) is 0 Å². The van der Waals surface area contributed by atoms with Crippen molar-refractivity contribution in [2.75, 3.05) is 12.1 Å². The van der Waals surface area contributed by atoms with Gasteiger partial charge < -0.3 is 14.8 Å². The van der Waals surface area contributed by atoms with E-state index in [2.05, 4.69) is 15.3 Å². The van der Waals surface area contributed by atoms with E-state index in [0.29, 0.717) is 22.6 Å². The zero-order chi connectivity index (χ0) is 20.6. The largest absolute Gasteiger partial charge is 0.454 e. The van der Waals surface area contributed by atoms with Crippen LogP contribution in [0.2, 0.25) is 0 Å². The number of hydrogen-bond acceptors (Lipinski definition) is 6. The Morgan fingerprint density at radius 1 is 1.14 bits per heavy atom. The molecule has 0 radical (unpaired) electrons. The van der Waals surface area contributed by atoms with Gasteiger partial charge in [-0.2, -0.15) is 13.2 Å². The molecule has 2 aromatic carbocycles. The number of para-hydroxylation sites is 1. The summed E-state index contributed by atoms with van der Waals surface area (Å²) in [6, 6.07) is 11.3. The summed E-state index contributed by atoms with van der Waals surface area (Å²) >= 11 is 0.937. The summed E-state index contributed by atoms with van der Waals surface area (Å²) in [7, 11) is 0. The third-order valence-corrected chi connectivity index (χ3v) is 5.22. The van der Waals surface area contributed by atoms with Gasteiger partial charge in [0.05, 0.1) is 10.8 Å². The molecule has 1 amide bonds. The molecule has 6 nitrogen and oxygen atoms in total. The van der Waals surface area contributed by atoms with Crippen molar-refractivity contribution in [3.8, 4) is 11.5 Å². The van der Waals surface area contributed by atoms with Crippen molar-refractivity contribution in [3.05, 3.63) is 48.3 Å². The molecular weight excluding hydrogens is 407 g/mol. The van der Waals surface area contributed by atoms with Crippen molar-refractivity contribution in [2.24, 2.45) is 0 Å². The number of ether oxygens (including phenoxy) is 2. The van der Waals surface area contributed by atoms with E-state index in [1.165, 1.54) is 6.07 Å². The van der Waals surface area contributed by atoms with Gasteiger partial charge in [0.25, 0.3) is 0 Å². The molecular formula is C19H14F3N3O3S. The second-order valence-corrected chi connectivity index (χ2v) is 7.51. The quantitative estimate of drug-likeness (QED) is 0.494. The Morgan fingerprint density at radius 3 is 2.69 bits per heavy atom. The molecule has 2 heterocycles. The lowest BCUT2D eigenvalue weighted by Gasteiger charge is -2.14. The van der Waals surface area contributed by atoms with Crippen LogP contribution in [0.3, 0.4) is 0 Å². The molecule has 0 aliphatic carbocycles. The Kier molecular flexibility index (Phi) is 4.95. The SMILES string of the molecule is C[C@H](Sc1nc(C(F)(F)F)nc2ccccc12)C(=O)Nc1ccc2c(c1)OCO2. The lowest BCUT2D eigenvalue weighted by Crippen LogP contribution is -2.22. The van der Waals surface area contributed by atoms with Crippen molar-refractivity contribution < 1.29 is 27.4 Å². The summed E-state index contributed by atoms with van der Waals surface area (Å²) in [5, 5.41) is 2.56. The fourth-order valence-corrected chi connectivity index (χ4v) is 3.64. The Bertz CT molecular complexity index is 1090. The lowest BCUT2D eigenvalue weighted by atomic mass is 10.2. The van der Waals surface area contributed by atoms with Gasteiger partial charge in [-0.25, -0.2) is 9.97 Å². The monoisotopic (exact) mass is 421 g/mol. The van der Waals surface area contributed by atoms with Crippen molar-refractivity contribution in [1.29, 1.82) is 0 Å². The first-order valence-corrected chi connectivity index (χ1v) is 9.40. The summed E-state index contributed by atoms with van der Waals surface area (Å²) in [4.78, 5) is 19.8. The van der Waals surface area contributed by atoms with E-state index >= 15 is 0 Å². The van der Waals surface area contributed by atoms with E-state index < -0.39 is 17.3 Å². The van der Waals surface area contributed by atoms with E-state index in [0.717, 1.165) is 11.8 Å². The molecule has 0 unspecified atom stereocenters. The number of halogens is 3. The predicted molar refractivity (Wildman–Crippen MR) is 101 cm³/mol. The number of benzene rings is 2. The Hall–Kier alpha value is -3.01. The van der Waals surface area contributed by atoms with Gasteiger partial charge in [0, 0.05) is 17.1 Å². The van der Waals surface area contributed by atoms with E-state index in [-0.39, 0.29) is 23.2 Å². The first-order chi connectivity index (χ1) is 13.8. The second kappa shape index (κ2) is 7.43. The number of nitrogens with one attached hydrogen (secondary N) is 1. The van der Waals surface area contributed by atoms with Crippen molar-refractivity contribution >= 4 is 34.3 Å². The number of anilines is 1. The topological polar surface area (TPSA) is 73.3 Å². The molecule has 0 saturated heterocycles. The molecule has 0 saturated carbocycles. The molecule has 0 fully saturated rings. The van der Waals surface area contributed by atoms with Crippen LogP contribution < -0.4 is 14.8 Å². The predicted octanol–water partition coefficient (Wildman–Crippen LogP) is 4.50. The van der Waals surface area contributed by atoms with Gasteiger partial charge in [-0.1, -0.05) is 30.0 Å². The molecule has 1 aromatic heterocycles. The zero-order valence-electron chi connectivity index (χ0n) is 15.0. The van der Waals surface area contributed by atoms with Crippen LogP contribution in [0.25, 0.3) is 10.9 Å². The molecule has 3 aromatic rings. The summed E-state index contributed by atoms with van der Waals surface area (Å²) in [5.41, 5.74) is 0.663. The molecule has 1 aliphatic rings. The summed E-state index contributed by atoms with van der Waals surface area (Å²) in [6.45, 7) is 1.71. The maximum atomic E-state index is 13.2. The highest BCUT2D eigenvalue weighted by atomic mass is 32.2. The molecule has 1 N–H and O–H groups in total. The molecule has 10 heteroatoms. The minimum atomic E-state index is -4.68. The molecule has 1 atom stereocenters. The van der Waals surface area contributed by atoms with Gasteiger partial charge in [0.2, 0.25) is 18.5 Å². The van der Waals surface area contributed by atoms with Gasteiger partial charge >= 0.3 is 6.18 Å². The Morgan fingerprint density at radius 2 is 1.90 bits per heavy atom. The van der Waals surface area contributed by atoms with Crippen molar-refractivity contribution in [1.82, 2.24) is 9.97 Å². The summed E-state index contributed by atoms with van der Waals surface area (Å²) in [6.07, 6.45) is -4.68. The highest BCUT2D eigenvalue weighted by molar-refractivity contribution is 8.00. The Labute approximate surface area is 167 Å². The standard InChI is InChI=1S/C19H14F3N3O3S/c1-10(16(26)23-11-6-7-14-15(8-11)28-9-27-14)29-17-12-4-2-3-5-13(12)24-18(25-17)19(20,21)22/h2-8,10H,9H2,1H3,(H,23,26)/t10-/m0/s1. The molecule has 29 heavy (non-hydrogen) atoms. The number of fused-ring (bicyclic) bond motifs is 2. The fourth-order valence-electron chi connectivity index (χ4n) is 2.70. The first kappa shape index (κ1) is 19.3. The number of carbonyl (C=O) groups excluding carboxylic acids is 1. The van der Waals surface area contributed by atoms with Gasteiger partial charge in [0.1, 0.15) is 5.03 Å². The van der Waals surface area contributed by atoms with E-state index in [4.69, 9.17) is 9.47 Å². The number of aromatic nitrogens is 2. The number of thioether (sulfide) groups is 1. The van der Waals surface area contributed by atoms with Gasteiger partial charge in [0.15, 0.2) is 11.5 Å². The lowest BCUT2D eigenvalue weighted by molar-refractivity contribution is -0.145. The van der Waals surface area contributed by atoms with Crippen LogP contribution in [0.1, 0.15) is 12.7 Å². The number of carbonyl (C=O) groups is 1. The highest BCUT2D eigenvalue weighted by Crippen LogP contribution is 2.36. The minimum Gasteiger partial charge on any atom is -0.454 e. The van der Waals surface area contributed by atoms with Crippen LogP contribution in [0.4, 0.5) is 18.9 Å². The number of amides is 1.